The zero-order chi connectivity index (χ0) is 24.1. The average molecular weight is 496 g/mol. The van der Waals surface area contributed by atoms with Crippen molar-refractivity contribution in [2.75, 3.05) is 50.1 Å². The van der Waals surface area contributed by atoms with Crippen molar-refractivity contribution in [3.8, 4) is 16.9 Å². The Balaban J connectivity index is 1.49. The second-order valence-corrected chi connectivity index (χ2v) is 9.51. The lowest BCUT2D eigenvalue weighted by Gasteiger charge is -2.37. The molecular weight excluding hydrogens is 466 g/mol. The summed E-state index contributed by atoms with van der Waals surface area (Å²) in [5, 5.41) is 4.68. The fourth-order valence-corrected chi connectivity index (χ4v) is 5.62. The van der Waals surface area contributed by atoms with Gasteiger partial charge in [-0.2, -0.15) is 0 Å². The maximum Gasteiger partial charge on any atom is 0.341 e. The Bertz CT molecular complexity index is 1160. The van der Waals surface area contributed by atoms with E-state index in [1.54, 1.807) is 0 Å². The molecule has 1 aliphatic rings. The fraction of sp³-hybridized carbons (Fsp3) is 0.308. The van der Waals surface area contributed by atoms with E-state index in [-0.39, 0.29) is 5.97 Å². The van der Waals surface area contributed by atoms with Crippen LogP contribution in [0.3, 0.4) is 0 Å². The molecule has 178 valence electrons. The molecule has 0 aliphatic carbocycles. The number of thiocarbonyl (C=S) groups is 1. The average Bonchev–Trinajstić information content (AvgIpc) is 3.20. The van der Waals surface area contributed by atoms with Gasteiger partial charge in [0.1, 0.15) is 16.3 Å². The van der Waals surface area contributed by atoms with Crippen LogP contribution in [0, 0.1) is 6.92 Å². The van der Waals surface area contributed by atoms with Gasteiger partial charge in [0.2, 0.25) is 0 Å². The third kappa shape index (κ3) is 5.03. The third-order valence-electron chi connectivity index (χ3n) is 5.83. The van der Waals surface area contributed by atoms with Crippen LogP contribution in [-0.4, -0.2) is 55.9 Å². The number of carbonyl (C=O) groups excluding carboxylic acids is 1. The number of methoxy groups -OCH3 is 1. The summed E-state index contributed by atoms with van der Waals surface area (Å²) in [6.45, 7) is 7.85. The van der Waals surface area contributed by atoms with Crippen LogP contribution in [0.25, 0.3) is 11.1 Å². The Labute approximate surface area is 210 Å². The molecule has 0 bridgehead atoms. The number of rotatable bonds is 6. The van der Waals surface area contributed by atoms with Crippen LogP contribution in [0.2, 0.25) is 0 Å². The zero-order valence-corrected chi connectivity index (χ0v) is 21.3. The molecule has 8 heteroatoms. The Morgan fingerprint density at radius 3 is 2.41 bits per heavy atom. The molecule has 0 saturated carbocycles. The second-order valence-electron chi connectivity index (χ2n) is 7.90. The highest BCUT2D eigenvalue weighted by Gasteiger charge is 2.27. The van der Waals surface area contributed by atoms with E-state index in [1.165, 1.54) is 18.4 Å². The first-order valence-corrected chi connectivity index (χ1v) is 12.6. The Kier molecular flexibility index (Phi) is 7.70. The number of para-hydroxylation sites is 2. The summed E-state index contributed by atoms with van der Waals surface area (Å²) in [5.74, 6) is 0.537. The monoisotopic (exact) mass is 495 g/mol. The first-order valence-electron chi connectivity index (χ1n) is 11.3. The lowest BCUT2D eigenvalue weighted by Crippen LogP contribution is -2.50. The molecule has 1 aliphatic heterocycles. The smallest absolute Gasteiger partial charge is 0.341 e. The van der Waals surface area contributed by atoms with Crippen molar-refractivity contribution in [3.05, 3.63) is 65.0 Å². The quantitative estimate of drug-likeness (QED) is 0.362. The van der Waals surface area contributed by atoms with E-state index in [4.69, 9.17) is 21.7 Å². The van der Waals surface area contributed by atoms with Gasteiger partial charge in [-0.25, -0.2) is 4.79 Å². The van der Waals surface area contributed by atoms with Gasteiger partial charge in [-0.15, -0.1) is 11.3 Å². The molecule has 6 nitrogen and oxygen atoms in total. The van der Waals surface area contributed by atoms with Crippen LogP contribution in [0.4, 0.5) is 10.7 Å². The molecule has 1 N–H and O–H groups in total. The van der Waals surface area contributed by atoms with E-state index < -0.39 is 0 Å². The fourth-order valence-electron chi connectivity index (χ4n) is 4.20. The molecule has 1 aromatic heterocycles. The van der Waals surface area contributed by atoms with Crippen molar-refractivity contribution >= 4 is 45.3 Å². The molecule has 2 aromatic carbocycles. The maximum absolute atomic E-state index is 12.8. The maximum atomic E-state index is 12.8. The van der Waals surface area contributed by atoms with Crippen LogP contribution in [0.1, 0.15) is 22.2 Å². The van der Waals surface area contributed by atoms with Crippen LogP contribution in [-0.2, 0) is 4.74 Å². The Morgan fingerprint density at radius 2 is 1.74 bits per heavy atom. The standard InChI is InChI=1S/C26H29N3O3S2/c1-4-32-21-13-9-8-12-20(21)28-14-16-29(17-15-28)26(33)27-24-23(25(30)31-3)22(18(2)34-24)19-10-6-5-7-11-19/h5-13H,4,14-17H2,1-3H3,(H,27,33). The normalized spacial score (nSPS) is 13.5. The highest BCUT2D eigenvalue weighted by Crippen LogP contribution is 2.40. The van der Waals surface area contributed by atoms with E-state index >= 15 is 0 Å². The van der Waals surface area contributed by atoms with Crippen molar-refractivity contribution in [1.29, 1.82) is 0 Å². The van der Waals surface area contributed by atoms with Crippen LogP contribution >= 0.6 is 23.6 Å². The molecule has 1 saturated heterocycles. The minimum atomic E-state index is -0.370. The number of hydrogen-bond acceptors (Lipinski definition) is 6. The zero-order valence-electron chi connectivity index (χ0n) is 19.7. The molecule has 0 spiro atoms. The summed E-state index contributed by atoms with van der Waals surface area (Å²) in [4.78, 5) is 18.3. The molecule has 1 fully saturated rings. The van der Waals surface area contributed by atoms with Crippen molar-refractivity contribution in [1.82, 2.24) is 4.90 Å². The highest BCUT2D eigenvalue weighted by molar-refractivity contribution is 7.80. The SMILES string of the molecule is CCOc1ccccc1N1CCN(C(=S)Nc2sc(C)c(-c3ccccc3)c2C(=O)OC)CC1. The van der Waals surface area contributed by atoms with E-state index in [9.17, 15) is 4.79 Å². The summed E-state index contributed by atoms with van der Waals surface area (Å²) in [6, 6.07) is 18.0. The summed E-state index contributed by atoms with van der Waals surface area (Å²) < 4.78 is 10.9. The van der Waals surface area contributed by atoms with Gasteiger partial charge in [0.15, 0.2) is 5.11 Å². The highest BCUT2D eigenvalue weighted by atomic mass is 32.1. The number of esters is 1. The molecule has 0 amide bonds. The van der Waals surface area contributed by atoms with Gasteiger partial charge in [-0.3, -0.25) is 0 Å². The number of anilines is 2. The number of nitrogens with one attached hydrogen (secondary N) is 1. The number of benzene rings is 2. The van der Waals surface area contributed by atoms with E-state index in [2.05, 4.69) is 21.2 Å². The molecule has 2 heterocycles. The molecule has 0 radical (unpaired) electrons. The van der Waals surface area contributed by atoms with Gasteiger partial charge >= 0.3 is 5.97 Å². The van der Waals surface area contributed by atoms with Crippen LogP contribution in [0.5, 0.6) is 5.75 Å². The summed E-state index contributed by atoms with van der Waals surface area (Å²) in [5.41, 5.74) is 3.51. The second kappa shape index (κ2) is 10.9. The largest absolute Gasteiger partial charge is 0.492 e. The number of thiophene rings is 1. The van der Waals surface area contributed by atoms with Gasteiger partial charge in [0, 0.05) is 36.6 Å². The van der Waals surface area contributed by atoms with Crippen LogP contribution in [0.15, 0.2) is 54.6 Å². The Morgan fingerprint density at radius 1 is 1.06 bits per heavy atom. The van der Waals surface area contributed by atoms with Gasteiger partial charge in [0.25, 0.3) is 0 Å². The van der Waals surface area contributed by atoms with Gasteiger partial charge in [-0.05, 0) is 43.8 Å². The van der Waals surface area contributed by atoms with Gasteiger partial charge in [0.05, 0.1) is 19.4 Å². The molecule has 4 rings (SSSR count). The molecule has 0 unspecified atom stereocenters. The van der Waals surface area contributed by atoms with E-state index in [1.807, 2.05) is 62.4 Å². The number of carbonyl (C=O) groups is 1. The first-order chi connectivity index (χ1) is 16.5. The minimum Gasteiger partial charge on any atom is -0.492 e. The molecule has 0 atom stereocenters. The van der Waals surface area contributed by atoms with Gasteiger partial charge in [-0.1, -0.05) is 42.5 Å². The predicted molar refractivity (Wildman–Crippen MR) is 143 cm³/mol. The first kappa shape index (κ1) is 24.0. The summed E-state index contributed by atoms with van der Waals surface area (Å²) in [6.07, 6.45) is 0. The summed E-state index contributed by atoms with van der Waals surface area (Å²) >= 11 is 7.28. The van der Waals surface area contributed by atoms with Crippen LogP contribution < -0.4 is 15.0 Å². The van der Waals surface area contributed by atoms with Crippen molar-refractivity contribution < 1.29 is 14.3 Å². The topological polar surface area (TPSA) is 54.0 Å². The minimum absolute atomic E-state index is 0.370. The lowest BCUT2D eigenvalue weighted by molar-refractivity contribution is 0.0603. The van der Waals surface area contributed by atoms with Crippen molar-refractivity contribution in [2.45, 2.75) is 13.8 Å². The van der Waals surface area contributed by atoms with E-state index in [0.29, 0.717) is 17.3 Å². The molecule has 34 heavy (non-hydrogen) atoms. The number of piperazine rings is 1. The Hall–Kier alpha value is -3.10. The number of hydrogen-bond donors (Lipinski definition) is 1. The van der Waals surface area contributed by atoms with Crippen molar-refractivity contribution in [2.24, 2.45) is 0 Å². The lowest BCUT2D eigenvalue weighted by atomic mass is 10.0. The molecule has 3 aromatic rings. The van der Waals surface area contributed by atoms with E-state index in [0.717, 1.165) is 58.6 Å². The number of ether oxygens (including phenoxy) is 2. The number of nitrogens with zero attached hydrogens (tertiary/aromatic N) is 2. The number of aryl methyl sites for hydroxylation is 1. The summed E-state index contributed by atoms with van der Waals surface area (Å²) in [7, 11) is 1.41. The van der Waals surface area contributed by atoms with Gasteiger partial charge < -0.3 is 24.6 Å². The third-order valence-corrected chi connectivity index (χ3v) is 7.21. The predicted octanol–water partition coefficient (Wildman–Crippen LogP) is 5.43. The molecular formula is C26H29N3O3S2. The van der Waals surface area contributed by atoms with Crippen molar-refractivity contribution in [3.63, 3.8) is 0 Å².